The van der Waals surface area contributed by atoms with Gasteiger partial charge in [0, 0.05) is 23.1 Å². The number of amides is 1. The first-order chi connectivity index (χ1) is 15.9. The molecule has 1 aliphatic heterocycles. The van der Waals surface area contributed by atoms with Crippen LogP contribution in [0.5, 0.6) is 5.75 Å². The topological polar surface area (TPSA) is 79.7 Å². The fourth-order valence-corrected chi connectivity index (χ4v) is 4.50. The van der Waals surface area contributed by atoms with Crippen molar-refractivity contribution in [2.75, 3.05) is 12.0 Å². The molecule has 1 amide bonds. The molecule has 0 saturated carbocycles. The Morgan fingerprint density at radius 1 is 1.15 bits per heavy atom. The minimum absolute atomic E-state index is 0.107. The molecule has 8 heteroatoms. The maximum atomic E-state index is 13.2. The van der Waals surface area contributed by atoms with Crippen molar-refractivity contribution in [3.8, 4) is 5.75 Å². The van der Waals surface area contributed by atoms with Gasteiger partial charge in [-0.2, -0.15) is 0 Å². The van der Waals surface area contributed by atoms with Gasteiger partial charge in [0.2, 0.25) is 0 Å². The van der Waals surface area contributed by atoms with Gasteiger partial charge < -0.3 is 9.84 Å². The number of hydrogen-bond acceptors (Lipinski definition) is 5. The lowest BCUT2D eigenvalue weighted by atomic mass is 9.95. The molecule has 1 aromatic heterocycles. The van der Waals surface area contributed by atoms with Crippen LogP contribution in [-0.4, -0.2) is 28.9 Å². The average molecular weight is 483 g/mol. The maximum absolute atomic E-state index is 13.2. The van der Waals surface area contributed by atoms with Crippen LogP contribution in [0.15, 0.2) is 66.5 Å². The number of Topliss-reactive ketones (excluding diaryl/α,β-unsaturated/α-hetero) is 1. The van der Waals surface area contributed by atoms with Gasteiger partial charge in [-0.3, -0.25) is 19.5 Å². The normalized spacial score (nSPS) is 17.5. The summed E-state index contributed by atoms with van der Waals surface area (Å²) < 4.78 is 5.34. The molecule has 0 aliphatic carbocycles. The SMILES string of the molecule is CCc1ccc(N2C(=O)C(=O)/C(=C(/O)c3cc(Cl)cc(Cl)c3OC)C2c2cccnc2)cc1. The van der Waals surface area contributed by atoms with Crippen molar-refractivity contribution in [2.45, 2.75) is 19.4 Å². The Labute approximate surface area is 201 Å². The number of ether oxygens (including phenoxy) is 1. The van der Waals surface area contributed by atoms with Crippen LogP contribution in [0, 0.1) is 0 Å². The highest BCUT2D eigenvalue weighted by Gasteiger charge is 2.47. The second-order valence-electron chi connectivity index (χ2n) is 7.44. The van der Waals surface area contributed by atoms with E-state index in [1.54, 1.807) is 36.7 Å². The van der Waals surface area contributed by atoms with Crippen molar-refractivity contribution in [1.29, 1.82) is 0 Å². The van der Waals surface area contributed by atoms with Crippen molar-refractivity contribution in [3.63, 3.8) is 0 Å². The predicted molar refractivity (Wildman–Crippen MR) is 128 cm³/mol. The zero-order valence-electron chi connectivity index (χ0n) is 17.9. The van der Waals surface area contributed by atoms with Gasteiger partial charge in [0.05, 0.1) is 29.3 Å². The van der Waals surface area contributed by atoms with Crippen LogP contribution in [0.3, 0.4) is 0 Å². The molecule has 3 aromatic rings. The van der Waals surface area contributed by atoms with Gasteiger partial charge in [0.15, 0.2) is 0 Å². The molecule has 0 radical (unpaired) electrons. The summed E-state index contributed by atoms with van der Waals surface area (Å²) in [5.74, 6) is -1.89. The number of rotatable bonds is 5. The number of carbonyl (C=O) groups is 2. The van der Waals surface area contributed by atoms with Crippen molar-refractivity contribution in [1.82, 2.24) is 4.98 Å². The van der Waals surface area contributed by atoms with E-state index in [1.807, 2.05) is 19.1 Å². The quantitative estimate of drug-likeness (QED) is 0.291. The molecule has 2 heterocycles. The van der Waals surface area contributed by atoms with Crippen molar-refractivity contribution >= 4 is 46.3 Å². The number of aliphatic hydroxyl groups excluding tert-OH is 1. The van der Waals surface area contributed by atoms with Crippen LogP contribution in [0.25, 0.3) is 5.76 Å². The lowest BCUT2D eigenvalue weighted by Gasteiger charge is -2.25. The lowest BCUT2D eigenvalue weighted by molar-refractivity contribution is -0.132. The van der Waals surface area contributed by atoms with Crippen LogP contribution in [0.2, 0.25) is 10.0 Å². The van der Waals surface area contributed by atoms with Crippen LogP contribution in [0.4, 0.5) is 5.69 Å². The molecule has 1 N–H and O–H groups in total. The third-order valence-electron chi connectivity index (χ3n) is 5.53. The Hall–Kier alpha value is -3.35. The van der Waals surface area contributed by atoms with E-state index in [0.717, 1.165) is 12.0 Å². The third kappa shape index (κ3) is 4.08. The van der Waals surface area contributed by atoms with E-state index < -0.39 is 23.5 Å². The molecule has 1 unspecified atom stereocenters. The highest BCUT2D eigenvalue weighted by atomic mass is 35.5. The second kappa shape index (κ2) is 9.25. The number of methoxy groups -OCH3 is 1. The van der Waals surface area contributed by atoms with Gasteiger partial charge >= 0.3 is 0 Å². The number of hydrogen-bond donors (Lipinski definition) is 1. The van der Waals surface area contributed by atoms with Crippen molar-refractivity contribution in [2.24, 2.45) is 0 Å². The van der Waals surface area contributed by atoms with E-state index in [9.17, 15) is 14.7 Å². The molecule has 168 valence electrons. The van der Waals surface area contributed by atoms with Gasteiger partial charge in [0.25, 0.3) is 11.7 Å². The van der Waals surface area contributed by atoms with Crippen LogP contribution < -0.4 is 9.64 Å². The smallest absolute Gasteiger partial charge is 0.300 e. The van der Waals surface area contributed by atoms with Crippen molar-refractivity contribution in [3.05, 3.63) is 93.2 Å². The van der Waals surface area contributed by atoms with Gasteiger partial charge in [-0.15, -0.1) is 0 Å². The first-order valence-electron chi connectivity index (χ1n) is 10.2. The number of aromatic nitrogens is 1. The standard InChI is InChI=1S/C25H20Cl2N2O4/c1-3-14-6-8-17(9-7-14)29-21(15-5-4-10-28-13-15)20(23(31)25(29)32)22(30)18-11-16(26)12-19(27)24(18)33-2/h4-13,21,30H,3H2,1-2H3/b22-20+. The molecule has 1 saturated heterocycles. The number of aryl methyl sites for hydroxylation is 1. The first kappa shape index (κ1) is 22.8. The van der Waals surface area contributed by atoms with E-state index in [-0.39, 0.29) is 26.9 Å². The Bertz CT molecular complexity index is 1260. The van der Waals surface area contributed by atoms with E-state index >= 15 is 0 Å². The zero-order chi connectivity index (χ0) is 23.7. The summed E-state index contributed by atoms with van der Waals surface area (Å²) in [5.41, 5.74) is 2.18. The summed E-state index contributed by atoms with van der Waals surface area (Å²) in [4.78, 5) is 32.0. The summed E-state index contributed by atoms with van der Waals surface area (Å²) >= 11 is 12.4. The maximum Gasteiger partial charge on any atom is 0.300 e. The number of pyridine rings is 1. The molecule has 0 spiro atoms. The molecule has 6 nitrogen and oxygen atoms in total. The summed E-state index contributed by atoms with van der Waals surface area (Å²) in [6.45, 7) is 2.03. The Morgan fingerprint density at radius 3 is 2.48 bits per heavy atom. The van der Waals surface area contributed by atoms with Crippen LogP contribution >= 0.6 is 23.2 Å². The Balaban J connectivity index is 1.97. The minimum Gasteiger partial charge on any atom is -0.507 e. The third-order valence-corrected chi connectivity index (χ3v) is 6.03. The number of halogens is 2. The van der Waals surface area contributed by atoms with Gasteiger partial charge in [-0.25, -0.2) is 0 Å². The molecular formula is C25H20Cl2N2O4. The number of benzene rings is 2. The summed E-state index contributed by atoms with van der Waals surface area (Å²) in [7, 11) is 1.39. The second-order valence-corrected chi connectivity index (χ2v) is 8.29. The molecule has 1 atom stereocenters. The zero-order valence-corrected chi connectivity index (χ0v) is 19.4. The molecule has 0 bridgehead atoms. The van der Waals surface area contributed by atoms with Crippen LogP contribution in [0.1, 0.15) is 29.7 Å². The molecule has 2 aromatic carbocycles. The van der Waals surface area contributed by atoms with Gasteiger partial charge in [-0.1, -0.05) is 48.3 Å². The number of ketones is 1. The fourth-order valence-electron chi connectivity index (χ4n) is 3.93. The molecule has 1 aliphatic rings. The monoisotopic (exact) mass is 482 g/mol. The van der Waals surface area contributed by atoms with E-state index in [2.05, 4.69) is 4.98 Å². The van der Waals surface area contributed by atoms with Crippen LogP contribution in [-0.2, 0) is 16.0 Å². The highest BCUT2D eigenvalue weighted by Crippen LogP contribution is 2.44. The van der Waals surface area contributed by atoms with E-state index in [1.165, 1.54) is 24.1 Å². The van der Waals surface area contributed by atoms with Gasteiger partial charge in [-0.05, 0) is 47.9 Å². The Morgan fingerprint density at radius 2 is 1.88 bits per heavy atom. The Kier molecular flexibility index (Phi) is 6.40. The molecule has 33 heavy (non-hydrogen) atoms. The minimum atomic E-state index is -0.909. The number of nitrogens with zero attached hydrogens (tertiary/aromatic N) is 2. The summed E-state index contributed by atoms with van der Waals surface area (Å²) in [5, 5.41) is 11.7. The van der Waals surface area contributed by atoms with Crippen molar-refractivity contribution < 1.29 is 19.4 Å². The summed E-state index contributed by atoms with van der Waals surface area (Å²) in [6, 6.07) is 12.8. The number of carbonyl (C=O) groups excluding carboxylic acids is 2. The van der Waals surface area contributed by atoms with Gasteiger partial charge in [0.1, 0.15) is 11.5 Å². The molecular weight excluding hydrogens is 463 g/mol. The predicted octanol–water partition coefficient (Wildman–Crippen LogP) is 5.59. The lowest BCUT2D eigenvalue weighted by Crippen LogP contribution is -2.29. The molecule has 4 rings (SSSR count). The average Bonchev–Trinajstić information content (AvgIpc) is 3.09. The number of aliphatic hydroxyl groups is 1. The number of anilines is 1. The fraction of sp³-hybridized carbons (Fsp3) is 0.160. The van der Waals surface area contributed by atoms with E-state index in [0.29, 0.717) is 11.3 Å². The largest absolute Gasteiger partial charge is 0.507 e. The first-order valence-corrected chi connectivity index (χ1v) is 11.0. The summed E-state index contributed by atoms with van der Waals surface area (Å²) in [6.07, 6.45) is 3.98. The highest BCUT2D eigenvalue weighted by molar-refractivity contribution is 6.51. The molecule has 1 fully saturated rings. The van der Waals surface area contributed by atoms with E-state index in [4.69, 9.17) is 27.9 Å².